The average molecular weight is 325 g/mol. The van der Waals surface area contributed by atoms with E-state index in [9.17, 15) is 14.9 Å². The predicted molar refractivity (Wildman–Crippen MR) is 94.4 cm³/mol. The highest BCUT2D eigenvalue weighted by atomic mass is 16.6. The SMILES string of the molecule is CC(C)c1ccc(/C=C/C(=O)NNc2ccc([N+](=O)[O-])cc2)cc1. The van der Waals surface area contributed by atoms with Gasteiger partial charge in [-0.2, -0.15) is 0 Å². The van der Waals surface area contributed by atoms with Crippen molar-refractivity contribution in [2.75, 3.05) is 5.43 Å². The summed E-state index contributed by atoms with van der Waals surface area (Å²) in [6.07, 6.45) is 3.14. The molecule has 2 rings (SSSR count). The molecule has 2 aromatic carbocycles. The monoisotopic (exact) mass is 325 g/mol. The molecule has 0 saturated carbocycles. The molecular formula is C18H19N3O3. The summed E-state index contributed by atoms with van der Waals surface area (Å²) in [7, 11) is 0. The van der Waals surface area contributed by atoms with Gasteiger partial charge in [-0.1, -0.05) is 38.1 Å². The first kappa shape index (κ1) is 17.2. The lowest BCUT2D eigenvalue weighted by atomic mass is 10.0. The Morgan fingerprint density at radius 3 is 2.25 bits per heavy atom. The Balaban J connectivity index is 1.87. The van der Waals surface area contributed by atoms with Crippen molar-refractivity contribution < 1.29 is 9.72 Å². The standard InChI is InChI=1S/C18H19N3O3/c1-13(2)15-6-3-14(4-7-15)5-12-18(22)20-19-16-8-10-17(11-9-16)21(23)24/h3-13,19H,1-2H3,(H,20,22)/b12-5+. The average Bonchev–Trinajstić information content (AvgIpc) is 2.58. The van der Waals surface area contributed by atoms with Crippen LogP contribution in [0, 0.1) is 10.1 Å². The van der Waals surface area contributed by atoms with Crippen LogP contribution in [0.2, 0.25) is 0 Å². The summed E-state index contributed by atoms with van der Waals surface area (Å²) in [4.78, 5) is 21.9. The van der Waals surface area contributed by atoms with Gasteiger partial charge in [0.25, 0.3) is 11.6 Å². The van der Waals surface area contributed by atoms with Crippen molar-refractivity contribution >= 4 is 23.4 Å². The molecule has 0 aliphatic heterocycles. The van der Waals surface area contributed by atoms with Crippen molar-refractivity contribution in [2.45, 2.75) is 19.8 Å². The highest BCUT2D eigenvalue weighted by Crippen LogP contribution is 2.16. The zero-order valence-corrected chi connectivity index (χ0v) is 13.5. The van der Waals surface area contributed by atoms with E-state index < -0.39 is 4.92 Å². The van der Waals surface area contributed by atoms with Gasteiger partial charge in [-0.3, -0.25) is 25.8 Å². The van der Waals surface area contributed by atoms with Gasteiger partial charge in [0.05, 0.1) is 10.6 Å². The van der Waals surface area contributed by atoms with Crippen LogP contribution in [-0.4, -0.2) is 10.8 Å². The number of carbonyl (C=O) groups excluding carboxylic acids is 1. The summed E-state index contributed by atoms with van der Waals surface area (Å²) in [5.74, 6) is 0.151. The number of nitrogens with zero attached hydrogens (tertiary/aromatic N) is 1. The molecule has 6 nitrogen and oxygen atoms in total. The van der Waals surface area contributed by atoms with E-state index in [1.165, 1.54) is 35.9 Å². The van der Waals surface area contributed by atoms with Crippen LogP contribution < -0.4 is 10.9 Å². The summed E-state index contributed by atoms with van der Waals surface area (Å²) >= 11 is 0. The fourth-order valence-electron chi connectivity index (χ4n) is 2.01. The number of benzene rings is 2. The molecule has 0 saturated heterocycles. The Morgan fingerprint density at radius 1 is 1.08 bits per heavy atom. The number of hydrazine groups is 1. The number of hydrogen-bond acceptors (Lipinski definition) is 4. The van der Waals surface area contributed by atoms with E-state index in [1.54, 1.807) is 6.08 Å². The van der Waals surface area contributed by atoms with Gasteiger partial charge < -0.3 is 0 Å². The Hall–Kier alpha value is -3.15. The number of amides is 1. The number of non-ortho nitro benzene ring substituents is 1. The first-order chi connectivity index (χ1) is 11.5. The van der Waals surface area contributed by atoms with Crippen molar-refractivity contribution in [1.29, 1.82) is 0 Å². The van der Waals surface area contributed by atoms with E-state index in [2.05, 4.69) is 24.7 Å². The second-order valence-electron chi connectivity index (χ2n) is 5.57. The van der Waals surface area contributed by atoms with Gasteiger partial charge in [0, 0.05) is 18.2 Å². The fraction of sp³-hybridized carbons (Fsp3) is 0.167. The summed E-state index contributed by atoms with van der Waals surface area (Å²) in [5.41, 5.74) is 7.94. The largest absolute Gasteiger partial charge is 0.298 e. The second-order valence-corrected chi connectivity index (χ2v) is 5.57. The topological polar surface area (TPSA) is 84.3 Å². The maximum absolute atomic E-state index is 11.8. The van der Waals surface area contributed by atoms with Gasteiger partial charge in [-0.15, -0.1) is 0 Å². The van der Waals surface area contributed by atoms with E-state index in [1.807, 2.05) is 24.3 Å². The third kappa shape index (κ3) is 4.95. The molecule has 0 radical (unpaired) electrons. The van der Waals surface area contributed by atoms with Gasteiger partial charge in [0.1, 0.15) is 0 Å². The maximum Gasteiger partial charge on any atom is 0.269 e. The molecule has 2 N–H and O–H groups in total. The third-order valence-electron chi connectivity index (χ3n) is 3.44. The second kappa shape index (κ2) is 7.92. The molecule has 0 unspecified atom stereocenters. The highest BCUT2D eigenvalue weighted by molar-refractivity contribution is 5.92. The van der Waals surface area contributed by atoms with Gasteiger partial charge in [-0.05, 0) is 35.3 Å². The molecule has 0 aliphatic carbocycles. The summed E-state index contributed by atoms with van der Waals surface area (Å²) in [6.45, 7) is 4.25. The number of rotatable bonds is 6. The summed E-state index contributed by atoms with van der Waals surface area (Å²) in [6, 6.07) is 13.8. The maximum atomic E-state index is 11.8. The Bertz CT molecular complexity index is 735. The van der Waals surface area contributed by atoms with Gasteiger partial charge in [0.2, 0.25) is 0 Å². The molecule has 0 atom stereocenters. The smallest absolute Gasteiger partial charge is 0.269 e. The molecule has 1 amide bonds. The van der Waals surface area contributed by atoms with Crippen molar-refractivity contribution in [3.8, 4) is 0 Å². The van der Waals surface area contributed by atoms with E-state index in [-0.39, 0.29) is 11.6 Å². The molecule has 6 heteroatoms. The van der Waals surface area contributed by atoms with Crippen molar-refractivity contribution in [3.63, 3.8) is 0 Å². The zero-order valence-electron chi connectivity index (χ0n) is 13.5. The predicted octanol–water partition coefficient (Wildman–Crippen LogP) is 3.87. The number of nitro groups is 1. The number of anilines is 1. The van der Waals surface area contributed by atoms with Crippen LogP contribution in [-0.2, 0) is 4.79 Å². The number of nitrogens with one attached hydrogen (secondary N) is 2. The number of nitro benzene ring substituents is 1. The van der Waals surface area contributed by atoms with Crippen molar-refractivity contribution in [3.05, 3.63) is 75.8 Å². The minimum atomic E-state index is -0.477. The lowest BCUT2D eigenvalue weighted by Gasteiger charge is -2.06. The van der Waals surface area contributed by atoms with Gasteiger partial charge >= 0.3 is 0 Å². The van der Waals surface area contributed by atoms with Crippen LogP contribution in [0.4, 0.5) is 11.4 Å². The molecule has 0 heterocycles. The highest BCUT2D eigenvalue weighted by Gasteiger charge is 2.04. The lowest BCUT2D eigenvalue weighted by molar-refractivity contribution is -0.384. The molecule has 124 valence electrons. The third-order valence-corrected chi connectivity index (χ3v) is 3.44. The van der Waals surface area contributed by atoms with E-state index in [4.69, 9.17) is 0 Å². The molecule has 0 bridgehead atoms. The van der Waals surface area contributed by atoms with Crippen LogP contribution in [0.3, 0.4) is 0 Å². The molecule has 2 aromatic rings. The summed E-state index contributed by atoms with van der Waals surface area (Å²) in [5, 5.41) is 10.6. The van der Waals surface area contributed by atoms with Crippen molar-refractivity contribution in [2.24, 2.45) is 0 Å². The molecular weight excluding hydrogens is 306 g/mol. The van der Waals surface area contributed by atoms with Crippen LogP contribution in [0.1, 0.15) is 30.9 Å². The molecule has 0 spiro atoms. The van der Waals surface area contributed by atoms with Crippen LogP contribution in [0.25, 0.3) is 6.08 Å². The molecule has 0 fully saturated rings. The molecule has 0 aromatic heterocycles. The minimum absolute atomic E-state index is 0.00313. The van der Waals surface area contributed by atoms with E-state index in [0.29, 0.717) is 11.6 Å². The first-order valence-corrected chi connectivity index (χ1v) is 7.54. The Kier molecular flexibility index (Phi) is 5.68. The zero-order chi connectivity index (χ0) is 17.5. The molecule has 24 heavy (non-hydrogen) atoms. The van der Waals surface area contributed by atoms with Gasteiger partial charge in [0.15, 0.2) is 0 Å². The first-order valence-electron chi connectivity index (χ1n) is 7.54. The van der Waals surface area contributed by atoms with E-state index >= 15 is 0 Å². The molecule has 0 aliphatic rings. The van der Waals surface area contributed by atoms with Crippen LogP contribution >= 0.6 is 0 Å². The van der Waals surface area contributed by atoms with Gasteiger partial charge in [-0.25, -0.2) is 0 Å². The minimum Gasteiger partial charge on any atom is -0.298 e. The number of carbonyl (C=O) groups is 1. The van der Waals surface area contributed by atoms with E-state index in [0.717, 1.165) is 5.56 Å². The Morgan fingerprint density at radius 2 is 1.71 bits per heavy atom. The quantitative estimate of drug-likeness (QED) is 0.479. The van der Waals surface area contributed by atoms with Crippen LogP contribution in [0.5, 0.6) is 0 Å². The number of hydrogen-bond donors (Lipinski definition) is 2. The fourth-order valence-corrected chi connectivity index (χ4v) is 2.01. The lowest BCUT2D eigenvalue weighted by Crippen LogP contribution is -2.27. The van der Waals surface area contributed by atoms with Crippen molar-refractivity contribution in [1.82, 2.24) is 5.43 Å². The summed E-state index contributed by atoms with van der Waals surface area (Å²) < 4.78 is 0. The Labute approximate surface area is 140 Å². The van der Waals surface area contributed by atoms with Crippen LogP contribution in [0.15, 0.2) is 54.6 Å². The normalized spacial score (nSPS) is 10.8.